The molecular weight excluding hydrogens is 392 g/mol. The van der Waals surface area contributed by atoms with Gasteiger partial charge in [-0.05, 0) is 34.1 Å². The average molecular weight is 396 g/mol. The largest absolute Gasteiger partial charge is 0.321 e. The van der Waals surface area contributed by atoms with Crippen LogP contribution in [0.5, 0.6) is 0 Å². The van der Waals surface area contributed by atoms with Crippen molar-refractivity contribution in [1.29, 1.82) is 0 Å². The van der Waals surface area contributed by atoms with Crippen LogP contribution in [0.4, 0.5) is 5.69 Å². The fraction of sp³-hybridized carbons (Fsp3) is 0.125. The van der Waals surface area contributed by atoms with Crippen LogP contribution in [0.1, 0.15) is 0 Å². The molecule has 0 heterocycles. The third kappa shape index (κ3) is 4.11. The fourth-order valence-corrected chi connectivity index (χ4v) is 2.07. The Kier molecular flexibility index (Phi) is 4.74. The normalized spacial score (nSPS) is 11.3. The van der Waals surface area contributed by atoms with Crippen molar-refractivity contribution in [2.45, 2.75) is 3.79 Å². The van der Waals surface area contributed by atoms with Crippen molar-refractivity contribution >= 4 is 78.3 Å². The lowest BCUT2D eigenvalue weighted by Gasteiger charge is -2.12. The Morgan fingerprint density at radius 1 is 1.27 bits per heavy atom. The van der Waals surface area contributed by atoms with Gasteiger partial charge in [0, 0.05) is 8.95 Å². The van der Waals surface area contributed by atoms with Crippen LogP contribution in [0.3, 0.4) is 0 Å². The number of amides is 1. The smallest absolute Gasteiger partial charge is 0.276 e. The summed E-state index contributed by atoms with van der Waals surface area (Å²) in [4.78, 5) is 11.3. The van der Waals surface area contributed by atoms with Gasteiger partial charge >= 0.3 is 0 Å². The van der Waals surface area contributed by atoms with Gasteiger partial charge in [0.1, 0.15) is 0 Å². The minimum atomic E-state index is -1.97. The molecule has 0 fully saturated rings. The van der Waals surface area contributed by atoms with E-state index < -0.39 is 9.70 Å². The molecule has 1 aromatic rings. The number of carbonyl (C=O) groups excluding carboxylic acids is 1. The van der Waals surface area contributed by atoms with Crippen molar-refractivity contribution in [3.8, 4) is 0 Å². The quantitative estimate of drug-likeness (QED) is 0.695. The predicted octanol–water partition coefficient (Wildman–Crippen LogP) is 4.52. The van der Waals surface area contributed by atoms with Gasteiger partial charge in [0.15, 0.2) is 0 Å². The number of hydrogen-bond acceptors (Lipinski definition) is 1. The van der Waals surface area contributed by atoms with E-state index in [1.807, 2.05) is 0 Å². The lowest BCUT2D eigenvalue weighted by atomic mass is 10.3. The summed E-state index contributed by atoms with van der Waals surface area (Å²) in [5.74, 6) is -0.699. The molecule has 0 aliphatic carbocycles. The first-order chi connectivity index (χ1) is 6.80. The molecule has 0 saturated heterocycles. The summed E-state index contributed by atoms with van der Waals surface area (Å²) < 4.78 is -0.396. The molecule has 0 unspecified atom stereocenters. The highest BCUT2D eigenvalue weighted by Gasteiger charge is 2.30. The highest BCUT2D eigenvalue weighted by atomic mass is 79.9. The molecular formula is C8H4Br2Cl3NO. The number of anilines is 1. The highest BCUT2D eigenvalue weighted by molar-refractivity contribution is 9.11. The Hall–Kier alpha value is 0.520. The number of benzene rings is 1. The zero-order valence-corrected chi connectivity index (χ0v) is 12.5. The molecule has 82 valence electrons. The fourth-order valence-electron chi connectivity index (χ4n) is 0.784. The van der Waals surface area contributed by atoms with Crippen LogP contribution in [0.2, 0.25) is 0 Å². The molecule has 0 spiro atoms. The Morgan fingerprint density at radius 3 is 2.33 bits per heavy atom. The second kappa shape index (κ2) is 5.23. The van der Waals surface area contributed by atoms with Gasteiger partial charge in [-0.1, -0.05) is 50.7 Å². The zero-order chi connectivity index (χ0) is 11.6. The lowest BCUT2D eigenvalue weighted by Crippen LogP contribution is -2.27. The minimum absolute atomic E-state index is 0.537. The number of rotatable bonds is 1. The van der Waals surface area contributed by atoms with E-state index in [1.165, 1.54) is 0 Å². The summed E-state index contributed by atoms with van der Waals surface area (Å²) in [6, 6.07) is 5.22. The van der Waals surface area contributed by atoms with Crippen LogP contribution >= 0.6 is 66.7 Å². The van der Waals surface area contributed by atoms with Crippen LogP contribution in [-0.4, -0.2) is 9.70 Å². The van der Waals surface area contributed by atoms with Crippen molar-refractivity contribution in [3.05, 3.63) is 27.1 Å². The van der Waals surface area contributed by atoms with Crippen molar-refractivity contribution in [2.75, 3.05) is 5.32 Å². The van der Waals surface area contributed by atoms with Crippen molar-refractivity contribution in [1.82, 2.24) is 0 Å². The second-order valence-electron chi connectivity index (χ2n) is 2.58. The maximum atomic E-state index is 11.3. The summed E-state index contributed by atoms with van der Waals surface area (Å²) in [6.07, 6.45) is 0. The number of nitrogens with one attached hydrogen (secondary N) is 1. The van der Waals surface area contributed by atoms with E-state index in [-0.39, 0.29) is 0 Å². The van der Waals surface area contributed by atoms with Crippen LogP contribution in [0.25, 0.3) is 0 Å². The molecule has 0 aromatic heterocycles. The van der Waals surface area contributed by atoms with E-state index >= 15 is 0 Å². The summed E-state index contributed by atoms with van der Waals surface area (Å²) in [5.41, 5.74) is 0.537. The monoisotopic (exact) mass is 393 g/mol. The van der Waals surface area contributed by atoms with E-state index in [9.17, 15) is 4.79 Å². The molecule has 2 nitrogen and oxygen atoms in total. The molecule has 15 heavy (non-hydrogen) atoms. The Morgan fingerprint density at radius 2 is 1.87 bits per heavy atom. The van der Waals surface area contributed by atoms with Gasteiger partial charge < -0.3 is 5.32 Å². The van der Waals surface area contributed by atoms with Gasteiger partial charge in [-0.2, -0.15) is 0 Å². The van der Waals surface area contributed by atoms with E-state index in [1.54, 1.807) is 18.2 Å². The Balaban J connectivity index is 2.87. The number of alkyl halides is 3. The molecule has 1 N–H and O–H groups in total. The molecule has 0 aliphatic heterocycles. The predicted molar refractivity (Wildman–Crippen MR) is 70.8 cm³/mol. The molecule has 1 aromatic carbocycles. The standard InChI is InChI=1S/C8H4Br2Cl3NO/c9-4-1-2-6(5(10)3-4)14-7(15)8(11,12)13/h1-3H,(H,14,15). The first-order valence-electron chi connectivity index (χ1n) is 3.64. The minimum Gasteiger partial charge on any atom is -0.321 e. The van der Waals surface area contributed by atoms with E-state index in [4.69, 9.17) is 34.8 Å². The molecule has 7 heteroatoms. The number of carbonyl (C=O) groups is 1. The van der Waals surface area contributed by atoms with Gasteiger partial charge in [0.05, 0.1) is 5.69 Å². The first kappa shape index (κ1) is 13.6. The maximum absolute atomic E-state index is 11.3. The third-order valence-corrected chi connectivity index (χ3v) is 3.10. The van der Waals surface area contributed by atoms with Gasteiger partial charge in [-0.3, -0.25) is 4.79 Å². The molecule has 0 aliphatic rings. The Bertz CT molecular complexity index is 392. The molecule has 0 atom stereocenters. The van der Waals surface area contributed by atoms with Crippen LogP contribution in [0.15, 0.2) is 27.1 Å². The molecule has 0 radical (unpaired) electrons. The van der Waals surface area contributed by atoms with E-state index in [0.717, 1.165) is 4.47 Å². The topological polar surface area (TPSA) is 29.1 Å². The van der Waals surface area contributed by atoms with Gasteiger partial charge in [0.2, 0.25) is 0 Å². The molecule has 0 saturated carbocycles. The summed E-state index contributed by atoms with van der Waals surface area (Å²) >= 11 is 22.8. The molecule has 0 bridgehead atoms. The maximum Gasteiger partial charge on any atom is 0.276 e. The molecule has 1 rings (SSSR count). The lowest BCUT2D eigenvalue weighted by molar-refractivity contribution is -0.115. The van der Waals surface area contributed by atoms with Gasteiger partial charge in [0.25, 0.3) is 9.70 Å². The summed E-state index contributed by atoms with van der Waals surface area (Å²) in [6.45, 7) is 0. The van der Waals surface area contributed by atoms with Crippen molar-refractivity contribution in [2.24, 2.45) is 0 Å². The third-order valence-electron chi connectivity index (χ3n) is 1.44. The molecule has 1 amide bonds. The average Bonchev–Trinajstić information content (AvgIpc) is 2.08. The van der Waals surface area contributed by atoms with Crippen molar-refractivity contribution in [3.63, 3.8) is 0 Å². The first-order valence-corrected chi connectivity index (χ1v) is 6.36. The van der Waals surface area contributed by atoms with E-state index in [0.29, 0.717) is 10.2 Å². The number of hydrogen-bond donors (Lipinski definition) is 1. The van der Waals surface area contributed by atoms with Gasteiger partial charge in [-0.15, -0.1) is 0 Å². The summed E-state index contributed by atoms with van der Waals surface area (Å²) in [7, 11) is 0. The SMILES string of the molecule is O=C(Nc1ccc(Br)cc1Br)C(Cl)(Cl)Cl. The Labute approximate surface area is 119 Å². The van der Waals surface area contributed by atoms with Crippen LogP contribution in [-0.2, 0) is 4.79 Å². The number of halogens is 5. The summed E-state index contributed by atoms with van der Waals surface area (Å²) in [5, 5.41) is 2.47. The van der Waals surface area contributed by atoms with Crippen molar-refractivity contribution < 1.29 is 4.79 Å². The second-order valence-corrected chi connectivity index (χ2v) is 6.63. The zero-order valence-electron chi connectivity index (χ0n) is 7.03. The van der Waals surface area contributed by atoms with Crippen LogP contribution in [0, 0.1) is 0 Å². The van der Waals surface area contributed by atoms with E-state index in [2.05, 4.69) is 37.2 Å². The van der Waals surface area contributed by atoms with Gasteiger partial charge in [-0.25, -0.2) is 0 Å². The van der Waals surface area contributed by atoms with Crippen LogP contribution < -0.4 is 5.32 Å². The highest BCUT2D eigenvalue weighted by Crippen LogP contribution is 2.31.